The molecule has 0 radical (unpaired) electrons. The van der Waals surface area contributed by atoms with Crippen LogP contribution in [0.15, 0.2) is 77.6 Å². The predicted molar refractivity (Wildman–Crippen MR) is 128 cm³/mol. The minimum Gasteiger partial charge on any atom is -0.347 e. The van der Waals surface area contributed by atoms with Gasteiger partial charge >= 0.3 is 6.03 Å². The first-order valence-electron chi connectivity index (χ1n) is 10.8. The highest BCUT2D eigenvalue weighted by Gasteiger charge is 2.36. The number of benzene rings is 3. The molecule has 1 aliphatic rings. The third-order valence-corrected chi connectivity index (χ3v) is 6.24. The third-order valence-electron chi connectivity index (χ3n) is 5.99. The largest absolute Gasteiger partial charge is 0.347 e. The van der Waals surface area contributed by atoms with Gasteiger partial charge in [0.05, 0.1) is 24.3 Å². The Morgan fingerprint density at radius 3 is 2.76 bits per heavy atom. The molecule has 0 spiro atoms. The first-order valence-corrected chi connectivity index (χ1v) is 11.2. The Morgan fingerprint density at radius 2 is 1.91 bits per heavy atom. The molecule has 0 fully saturated rings. The summed E-state index contributed by atoms with van der Waals surface area (Å²) in [5, 5.41) is 9.97. The molecule has 0 saturated heterocycles. The molecular formula is C25H19ClN6O2. The van der Waals surface area contributed by atoms with Gasteiger partial charge < -0.3 is 19.7 Å². The third kappa shape index (κ3) is 3.78. The summed E-state index contributed by atoms with van der Waals surface area (Å²) in [6.45, 7) is 0.340. The summed E-state index contributed by atoms with van der Waals surface area (Å²) >= 11 is 5.97. The minimum atomic E-state index is -0.454. The lowest BCUT2D eigenvalue weighted by Gasteiger charge is -2.32. The van der Waals surface area contributed by atoms with Gasteiger partial charge in [0.25, 0.3) is 0 Å². The van der Waals surface area contributed by atoms with E-state index in [2.05, 4.69) is 31.5 Å². The maximum Gasteiger partial charge on any atom is 0.322 e. The number of H-pyrrole nitrogens is 1. The minimum absolute atomic E-state index is 0.280. The lowest BCUT2D eigenvalue weighted by molar-refractivity contribution is 0.155. The summed E-state index contributed by atoms with van der Waals surface area (Å²) in [6, 6.07) is 20.4. The molecule has 34 heavy (non-hydrogen) atoms. The average molecular weight is 471 g/mol. The Labute approximate surface area is 199 Å². The van der Waals surface area contributed by atoms with Crippen LogP contribution < -0.4 is 5.32 Å². The number of amides is 2. The van der Waals surface area contributed by atoms with Crippen molar-refractivity contribution in [2.45, 2.75) is 19.0 Å². The van der Waals surface area contributed by atoms with Gasteiger partial charge in [-0.3, -0.25) is 0 Å². The quantitative estimate of drug-likeness (QED) is 0.357. The normalized spacial score (nSPS) is 15.3. The van der Waals surface area contributed by atoms with Crippen LogP contribution in [0.25, 0.3) is 22.2 Å². The van der Waals surface area contributed by atoms with Gasteiger partial charge in [-0.25, -0.2) is 9.78 Å². The van der Waals surface area contributed by atoms with E-state index in [1.807, 2.05) is 36.4 Å². The van der Waals surface area contributed by atoms with Crippen molar-refractivity contribution in [3.05, 3.63) is 95.4 Å². The van der Waals surface area contributed by atoms with E-state index in [1.54, 1.807) is 35.5 Å². The van der Waals surface area contributed by atoms with Crippen LogP contribution in [0.3, 0.4) is 0 Å². The van der Waals surface area contributed by atoms with Crippen molar-refractivity contribution < 1.29 is 9.32 Å². The number of fused-ring (bicyclic) bond motifs is 2. The van der Waals surface area contributed by atoms with E-state index in [4.69, 9.17) is 16.1 Å². The highest BCUT2D eigenvalue weighted by molar-refractivity contribution is 6.30. The van der Waals surface area contributed by atoms with E-state index in [0.717, 1.165) is 27.7 Å². The standard InChI is InChI=1S/C25H19ClN6O2/c26-18-7-9-19(10-8-18)29-25(33)32-13-21-20(27-14-28-21)12-22(32)24-30-23(31-34-24)17-6-5-15-3-1-2-4-16(15)11-17/h1-11,14,22H,12-13H2,(H,27,28)(H,29,33)/t22-/m0/s1. The number of nitrogens with one attached hydrogen (secondary N) is 2. The maximum absolute atomic E-state index is 13.2. The van der Waals surface area contributed by atoms with Crippen molar-refractivity contribution in [3.8, 4) is 11.4 Å². The van der Waals surface area contributed by atoms with E-state index >= 15 is 0 Å². The fraction of sp³-hybridized carbons (Fsp3) is 0.120. The number of hydrogen-bond acceptors (Lipinski definition) is 5. The Balaban J connectivity index is 1.31. The number of aromatic nitrogens is 4. The number of anilines is 1. The number of aromatic amines is 1. The van der Waals surface area contributed by atoms with E-state index in [1.165, 1.54) is 0 Å². The van der Waals surface area contributed by atoms with E-state index < -0.39 is 6.04 Å². The zero-order valence-electron chi connectivity index (χ0n) is 17.9. The molecule has 168 valence electrons. The molecule has 0 unspecified atom stereocenters. The summed E-state index contributed by atoms with van der Waals surface area (Å²) in [6.07, 6.45) is 2.10. The van der Waals surface area contributed by atoms with Crippen molar-refractivity contribution in [1.82, 2.24) is 25.0 Å². The van der Waals surface area contributed by atoms with Crippen molar-refractivity contribution in [3.63, 3.8) is 0 Å². The molecular weight excluding hydrogens is 452 g/mol. The Morgan fingerprint density at radius 1 is 1.09 bits per heavy atom. The Bertz CT molecular complexity index is 1490. The molecule has 0 saturated carbocycles. The van der Waals surface area contributed by atoms with E-state index in [-0.39, 0.29) is 6.03 Å². The summed E-state index contributed by atoms with van der Waals surface area (Å²) < 4.78 is 5.67. The van der Waals surface area contributed by atoms with Crippen molar-refractivity contribution in [2.75, 3.05) is 5.32 Å². The molecule has 3 heterocycles. The molecule has 9 heteroatoms. The zero-order valence-corrected chi connectivity index (χ0v) is 18.7. The molecule has 6 rings (SSSR count). The van der Waals surface area contributed by atoms with Crippen molar-refractivity contribution in [1.29, 1.82) is 0 Å². The highest BCUT2D eigenvalue weighted by Crippen LogP contribution is 2.33. The van der Waals surface area contributed by atoms with Gasteiger partial charge in [0.1, 0.15) is 6.04 Å². The lowest BCUT2D eigenvalue weighted by atomic mass is 10.0. The van der Waals surface area contributed by atoms with Gasteiger partial charge in [0.2, 0.25) is 11.7 Å². The molecule has 0 bridgehead atoms. The topological polar surface area (TPSA) is 99.9 Å². The number of nitrogens with zero attached hydrogens (tertiary/aromatic N) is 4. The average Bonchev–Trinajstić information content (AvgIpc) is 3.54. The van der Waals surface area contributed by atoms with Gasteiger partial charge in [-0.05, 0) is 41.1 Å². The second kappa shape index (κ2) is 8.31. The SMILES string of the molecule is O=C(Nc1ccc(Cl)cc1)N1Cc2[nH]cnc2C[C@H]1c1nc(-c2ccc3ccccc3c2)no1. The maximum atomic E-state index is 13.2. The van der Waals surface area contributed by atoms with Crippen LogP contribution in [0, 0.1) is 0 Å². The van der Waals surface area contributed by atoms with Crippen molar-refractivity contribution >= 4 is 34.1 Å². The van der Waals surface area contributed by atoms with Crippen LogP contribution in [0.1, 0.15) is 23.3 Å². The fourth-order valence-corrected chi connectivity index (χ4v) is 4.34. The summed E-state index contributed by atoms with van der Waals surface area (Å²) in [4.78, 5) is 27.1. The number of carbonyl (C=O) groups excluding carboxylic acids is 1. The first-order chi connectivity index (χ1) is 16.6. The molecule has 5 aromatic rings. The number of hydrogen-bond donors (Lipinski definition) is 2. The Hall–Kier alpha value is -4.17. The predicted octanol–water partition coefficient (Wildman–Crippen LogP) is 5.60. The number of halogens is 1. The fourth-order valence-electron chi connectivity index (χ4n) is 4.21. The van der Waals surface area contributed by atoms with E-state index in [0.29, 0.717) is 35.4 Å². The number of rotatable bonds is 3. The monoisotopic (exact) mass is 470 g/mol. The molecule has 2 N–H and O–H groups in total. The van der Waals surface area contributed by atoms with Gasteiger partial charge in [-0.1, -0.05) is 53.2 Å². The van der Waals surface area contributed by atoms with Gasteiger partial charge in [-0.15, -0.1) is 0 Å². The summed E-state index contributed by atoms with van der Waals surface area (Å²) in [5.74, 6) is 0.842. The lowest BCUT2D eigenvalue weighted by Crippen LogP contribution is -2.41. The van der Waals surface area contributed by atoms with Crippen molar-refractivity contribution in [2.24, 2.45) is 0 Å². The summed E-state index contributed by atoms with van der Waals surface area (Å²) in [5.41, 5.74) is 3.26. The molecule has 8 nitrogen and oxygen atoms in total. The second-order valence-corrected chi connectivity index (χ2v) is 8.57. The zero-order chi connectivity index (χ0) is 23.1. The highest BCUT2D eigenvalue weighted by atomic mass is 35.5. The first kappa shape index (κ1) is 20.4. The van der Waals surface area contributed by atoms with Gasteiger partial charge in [-0.2, -0.15) is 4.98 Å². The molecule has 1 atom stereocenters. The molecule has 1 aliphatic heterocycles. The number of carbonyl (C=O) groups is 1. The van der Waals surface area contributed by atoms with Gasteiger partial charge in [0, 0.05) is 22.7 Å². The van der Waals surface area contributed by atoms with Crippen LogP contribution in [-0.2, 0) is 13.0 Å². The number of urea groups is 1. The molecule has 3 aromatic carbocycles. The second-order valence-electron chi connectivity index (χ2n) is 8.13. The van der Waals surface area contributed by atoms with Crippen LogP contribution in [0.2, 0.25) is 5.02 Å². The Kier molecular flexibility index (Phi) is 5.00. The molecule has 0 aliphatic carbocycles. The molecule has 2 amide bonds. The number of imidazole rings is 1. The van der Waals surface area contributed by atoms with Crippen LogP contribution in [0.5, 0.6) is 0 Å². The van der Waals surface area contributed by atoms with Crippen LogP contribution in [-0.4, -0.2) is 31.0 Å². The van der Waals surface area contributed by atoms with Crippen LogP contribution in [0.4, 0.5) is 10.5 Å². The smallest absolute Gasteiger partial charge is 0.322 e. The van der Waals surface area contributed by atoms with E-state index in [9.17, 15) is 4.79 Å². The summed E-state index contributed by atoms with van der Waals surface area (Å²) in [7, 11) is 0. The van der Waals surface area contributed by atoms with Crippen LogP contribution >= 0.6 is 11.6 Å². The van der Waals surface area contributed by atoms with Gasteiger partial charge in [0.15, 0.2) is 0 Å². The molecule has 2 aromatic heterocycles.